The highest BCUT2D eigenvalue weighted by atomic mass is 16.2. The second-order valence-electron chi connectivity index (χ2n) is 6.12. The molecule has 1 saturated heterocycles. The molecule has 0 spiro atoms. The molecule has 0 saturated carbocycles. The number of amides is 1. The maximum atomic E-state index is 12.6. The summed E-state index contributed by atoms with van der Waals surface area (Å²) in [6.45, 7) is 4.83. The molecule has 2 aromatic heterocycles. The molecule has 1 fully saturated rings. The van der Waals surface area contributed by atoms with Crippen molar-refractivity contribution in [1.82, 2.24) is 24.6 Å². The van der Waals surface area contributed by atoms with Gasteiger partial charge < -0.3 is 14.8 Å². The Labute approximate surface area is 139 Å². The van der Waals surface area contributed by atoms with Crippen molar-refractivity contribution < 1.29 is 4.79 Å². The van der Waals surface area contributed by atoms with E-state index in [1.807, 2.05) is 43.1 Å². The summed E-state index contributed by atoms with van der Waals surface area (Å²) in [6.07, 6.45) is 1.66. The van der Waals surface area contributed by atoms with Crippen LogP contribution in [0.2, 0.25) is 0 Å². The summed E-state index contributed by atoms with van der Waals surface area (Å²) in [7, 11) is 1.85. The zero-order chi connectivity index (χ0) is 16.7. The number of imidazole rings is 1. The number of hydrogen-bond acceptors (Lipinski definition) is 4. The van der Waals surface area contributed by atoms with E-state index in [4.69, 9.17) is 0 Å². The number of piperazine rings is 1. The number of aryl methyl sites for hydroxylation is 1. The van der Waals surface area contributed by atoms with Crippen molar-refractivity contribution in [3.63, 3.8) is 0 Å². The van der Waals surface area contributed by atoms with Crippen LogP contribution in [0.5, 0.6) is 0 Å². The minimum absolute atomic E-state index is 0.0601. The fourth-order valence-corrected chi connectivity index (χ4v) is 3.09. The number of anilines is 1. The molecule has 24 heavy (non-hydrogen) atoms. The van der Waals surface area contributed by atoms with Crippen molar-refractivity contribution in [2.75, 3.05) is 31.1 Å². The third-order valence-corrected chi connectivity index (χ3v) is 4.71. The van der Waals surface area contributed by atoms with Gasteiger partial charge in [-0.1, -0.05) is 12.1 Å². The van der Waals surface area contributed by atoms with Crippen molar-refractivity contribution in [1.29, 1.82) is 0 Å². The number of para-hydroxylation sites is 2. The molecule has 1 aliphatic heterocycles. The Balaban J connectivity index is 1.46. The number of carbonyl (C=O) groups is 1. The normalized spacial score (nSPS) is 15.2. The zero-order valence-corrected chi connectivity index (χ0v) is 13.9. The van der Waals surface area contributed by atoms with E-state index in [-0.39, 0.29) is 5.91 Å². The molecule has 0 bridgehead atoms. The third kappa shape index (κ3) is 2.42. The van der Waals surface area contributed by atoms with E-state index in [1.54, 1.807) is 10.9 Å². The number of carbonyl (C=O) groups excluding carboxylic acids is 1. The summed E-state index contributed by atoms with van der Waals surface area (Å²) in [5.74, 6) is 0.936. The van der Waals surface area contributed by atoms with E-state index in [2.05, 4.69) is 20.0 Å². The smallest absolute Gasteiger partial charge is 0.257 e. The number of H-pyrrole nitrogens is 1. The molecule has 4 rings (SSSR count). The zero-order valence-electron chi connectivity index (χ0n) is 13.9. The van der Waals surface area contributed by atoms with Crippen LogP contribution in [0, 0.1) is 6.92 Å². The van der Waals surface area contributed by atoms with Crippen LogP contribution in [-0.2, 0) is 7.05 Å². The highest BCUT2D eigenvalue weighted by Crippen LogP contribution is 2.19. The second kappa shape index (κ2) is 5.67. The Bertz CT molecular complexity index is 855. The average molecular weight is 324 g/mol. The topological polar surface area (TPSA) is 70.1 Å². The summed E-state index contributed by atoms with van der Waals surface area (Å²) in [5.41, 5.74) is 3.60. The van der Waals surface area contributed by atoms with Crippen molar-refractivity contribution in [2.45, 2.75) is 6.92 Å². The van der Waals surface area contributed by atoms with Crippen LogP contribution >= 0.6 is 0 Å². The first-order valence-corrected chi connectivity index (χ1v) is 8.11. The molecule has 0 unspecified atom stereocenters. The molecule has 124 valence electrons. The van der Waals surface area contributed by atoms with Crippen LogP contribution in [0.1, 0.15) is 16.1 Å². The standard InChI is InChI=1S/C17H20N6O/c1-12-13(11-18-21(12)2)16(24)22-7-9-23(10-8-22)17-19-14-5-3-4-6-15(14)20-17/h3-6,11H,7-10H2,1-2H3,(H,19,20). The largest absolute Gasteiger partial charge is 0.339 e. The van der Waals surface area contributed by atoms with E-state index in [0.717, 1.165) is 35.8 Å². The first kappa shape index (κ1) is 14.7. The van der Waals surface area contributed by atoms with Crippen LogP contribution in [0.4, 0.5) is 5.95 Å². The molecule has 0 aliphatic carbocycles. The maximum absolute atomic E-state index is 12.6. The van der Waals surface area contributed by atoms with Gasteiger partial charge in [0.2, 0.25) is 5.95 Å². The summed E-state index contributed by atoms with van der Waals surface area (Å²) < 4.78 is 1.73. The molecule has 0 atom stereocenters. The Morgan fingerprint density at radius 1 is 1.17 bits per heavy atom. The monoisotopic (exact) mass is 324 g/mol. The number of hydrogen-bond donors (Lipinski definition) is 1. The Morgan fingerprint density at radius 3 is 2.58 bits per heavy atom. The molecular formula is C17H20N6O. The highest BCUT2D eigenvalue weighted by Gasteiger charge is 2.25. The molecule has 1 aromatic carbocycles. The Kier molecular flexibility index (Phi) is 3.48. The predicted molar refractivity (Wildman–Crippen MR) is 92.2 cm³/mol. The van der Waals surface area contributed by atoms with Gasteiger partial charge in [-0.3, -0.25) is 9.48 Å². The molecule has 7 nitrogen and oxygen atoms in total. The number of aromatic amines is 1. The Hall–Kier alpha value is -2.83. The lowest BCUT2D eigenvalue weighted by Gasteiger charge is -2.34. The van der Waals surface area contributed by atoms with E-state index in [0.29, 0.717) is 18.7 Å². The number of nitrogens with zero attached hydrogens (tertiary/aromatic N) is 5. The molecular weight excluding hydrogens is 304 g/mol. The summed E-state index contributed by atoms with van der Waals surface area (Å²) in [4.78, 5) is 24.7. The molecule has 3 heterocycles. The first-order chi connectivity index (χ1) is 11.6. The van der Waals surface area contributed by atoms with E-state index in [9.17, 15) is 4.79 Å². The predicted octanol–water partition coefficient (Wildman–Crippen LogP) is 1.57. The summed E-state index contributed by atoms with van der Waals surface area (Å²) in [6, 6.07) is 8.01. The van der Waals surface area contributed by atoms with Crippen molar-refractivity contribution in [3.8, 4) is 0 Å². The molecule has 1 amide bonds. The molecule has 7 heteroatoms. The quantitative estimate of drug-likeness (QED) is 0.777. The molecule has 0 radical (unpaired) electrons. The van der Waals surface area contributed by atoms with Crippen molar-refractivity contribution in [2.24, 2.45) is 7.05 Å². The molecule has 1 N–H and O–H groups in total. The second-order valence-corrected chi connectivity index (χ2v) is 6.12. The fraction of sp³-hybridized carbons (Fsp3) is 0.353. The van der Waals surface area contributed by atoms with Crippen LogP contribution in [0.3, 0.4) is 0 Å². The van der Waals surface area contributed by atoms with Gasteiger partial charge in [0.1, 0.15) is 0 Å². The minimum atomic E-state index is 0.0601. The van der Waals surface area contributed by atoms with Gasteiger partial charge in [-0.2, -0.15) is 5.10 Å². The number of rotatable bonds is 2. The minimum Gasteiger partial charge on any atom is -0.339 e. The lowest BCUT2D eigenvalue weighted by molar-refractivity contribution is 0.0745. The Morgan fingerprint density at radius 2 is 1.92 bits per heavy atom. The van der Waals surface area contributed by atoms with Crippen LogP contribution in [0.15, 0.2) is 30.5 Å². The van der Waals surface area contributed by atoms with E-state index >= 15 is 0 Å². The lowest BCUT2D eigenvalue weighted by atomic mass is 10.2. The fourth-order valence-electron chi connectivity index (χ4n) is 3.09. The molecule has 3 aromatic rings. The van der Waals surface area contributed by atoms with E-state index in [1.165, 1.54) is 0 Å². The van der Waals surface area contributed by atoms with Gasteiger partial charge in [-0.05, 0) is 19.1 Å². The van der Waals surface area contributed by atoms with Gasteiger partial charge in [-0.25, -0.2) is 4.98 Å². The average Bonchev–Trinajstić information content (AvgIpc) is 3.19. The number of nitrogens with one attached hydrogen (secondary N) is 1. The lowest BCUT2D eigenvalue weighted by Crippen LogP contribution is -2.49. The van der Waals surface area contributed by atoms with E-state index < -0.39 is 0 Å². The third-order valence-electron chi connectivity index (χ3n) is 4.71. The van der Waals surface area contributed by atoms with Gasteiger partial charge in [0.05, 0.1) is 22.8 Å². The van der Waals surface area contributed by atoms with Gasteiger partial charge in [0, 0.05) is 38.9 Å². The first-order valence-electron chi connectivity index (χ1n) is 8.11. The van der Waals surface area contributed by atoms with Crippen molar-refractivity contribution >= 4 is 22.9 Å². The molecule has 1 aliphatic rings. The van der Waals surface area contributed by atoms with Crippen LogP contribution in [0.25, 0.3) is 11.0 Å². The van der Waals surface area contributed by atoms with Gasteiger partial charge in [0.25, 0.3) is 5.91 Å². The maximum Gasteiger partial charge on any atom is 0.257 e. The number of benzene rings is 1. The van der Waals surface area contributed by atoms with Crippen LogP contribution in [-0.4, -0.2) is 56.7 Å². The van der Waals surface area contributed by atoms with Gasteiger partial charge >= 0.3 is 0 Å². The van der Waals surface area contributed by atoms with Gasteiger partial charge in [-0.15, -0.1) is 0 Å². The summed E-state index contributed by atoms with van der Waals surface area (Å²) in [5, 5.41) is 4.16. The summed E-state index contributed by atoms with van der Waals surface area (Å²) >= 11 is 0. The number of aromatic nitrogens is 4. The SMILES string of the molecule is Cc1c(C(=O)N2CCN(c3nc4ccccc4[nH]3)CC2)cnn1C. The number of fused-ring (bicyclic) bond motifs is 1. The highest BCUT2D eigenvalue weighted by molar-refractivity contribution is 5.95. The van der Waals surface area contributed by atoms with Crippen molar-refractivity contribution in [3.05, 3.63) is 41.7 Å². The van der Waals surface area contributed by atoms with Crippen LogP contribution < -0.4 is 4.90 Å². The van der Waals surface area contributed by atoms with Gasteiger partial charge in [0.15, 0.2) is 0 Å².